The fourth-order valence-corrected chi connectivity index (χ4v) is 2.80. The molecule has 0 amide bonds. The molecule has 1 heterocycles. The molecule has 0 bridgehead atoms. The van der Waals surface area contributed by atoms with Crippen molar-refractivity contribution < 1.29 is 9.13 Å². The van der Waals surface area contributed by atoms with Crippen LogP contribution in [-0.2, 0) is 4.74 Å². The second kappa shape index (κ2) is 7.20. The summed E-state index contributed by atoms with van der Waals surface area (Å²) in [5, 5.41) is 0.155. The molecule has 1 aromatic carbocycles. The number of halogens is 2. The van der Waals surface area contributed by atoms with E-state index in [0.29, 0.717) is 6.10 Å². The molecule has 0 aliphatic carbocycles. The molecule has 5 heteroatoms. The molecule has 2 unspecified atom stereocenters. The third kappa shape index (κ3) is 3.89. The Morgan fingerprint density at radius 2 is 2.37 bits per heavy atom. The number of nitrogens with one attached hydrogen (secondary N) is 1. The van der Waals surface area contributed by atoms with Crippen molar-refractivity contribution in [3.05, 3.63) is 34.6 Å². The Morgan fingerprint density at radius 3 is 3.05 bits per heavy atom. The first-order valence-corrected chi connectivity index (χ1v) is 7.12. The third-order valence-corrected chi connectivity index (χ3v) is 4.00. The largest absolute Gasteiger partial charge is 0.378 e. The van der Waals surface area contributed by atoms with Gasteiger partial charge in [-0.25, -0.2) is 4.39 Å². The molecule has 0 saturated carbocycles. The van der Waals surface area contributed by atoms with E-state index < -0.39 is 5.82 Å². The van der Waals surface area contributed by atoms with E-state index in [-0.39, 0.29) is 11.1 Å². The Hall–Kier alpha value is -0.680. The van der Waals surface area contributed by atoms with Crippen molar-refractivity contribution in [2.24, 2.45) is 5.84 Å². The summed E-state index contributed by atoms with van der Waals surface area (Å²) in [6.45, 7) is 0.874. The Kier molecular flexibility index (Phi) is 5.58. The topological polar surface area (TPSA) is 47.3 Å². The van der Waals surface area contributed by atoms with Gasteiger partial charge < -0.3 is 4.74 Å². The summed E-state index contributed by atoms with van der Waals surface area (Å²) >= 11 is 5.98. The summed E-state index contributed by atoms with van der Waals surface area (Å²) in [6.07, 6.45) is 5.48. The smallest absolute Gasteiger partial charge is 0.142 e. The third-order valence-electron chi connectivity index (χ3n) is 3.60. The number of hydrogen-bond acceptors (Lipinski definition) is 3. The predicted octanol–water partition coefficient (Wildman–Crippen LogP) is 3.33. The van der Waals surface area contributed by atoms with E-state index in [0.717, 1.165) is 44.3 Å². The van der Waals surface area contributed by atoms with E-state index in [1.807, 2.05) is 6.07 Å². The minimum atomic E-state index is -0.404. The second-order valence-electron chi connectivity index (χ2n) is 4.93. The number of hydrogen-bond donors (Lipinski definition) is 2. The van der Waals surface area contributed by atoms with Crippen LogP contribution in [0, 0.1) is 5.82 Å². The van der Waals surface area contributed by atoms with Crippen molar-refractivity contribution in [2.75, 3.05) is 6.61 Å². The molecular weight excluding hydrogens is 267 g/mol. The molecule has 1 fully saturated rings. The van der Waals surface area contributed by atoms with E-state index >= 15 is 0 Å². The molecule has 0 spiro atoms. The fourth-order valence-electron chi connectivity index (χ4n) is 2.54. The van der Waals surface area contributed by atoms with Gasteiger partial charge in [-0.3, -0.25) is 11.3 Å². The van der Waals surface area contributed by atoms with Gasteiger partial charge in [0, 0.05) is 12.6 Å². The van der Waals surface area contributed by atoms with Gasteiger partial charge in [0.15, 0.2) is 0 Å². The summed E-state index contributed by atoms with van der Waals surface area (Å²) in [4.78, 5) is 0. The average Bonchev–Trinajstić information content (AvgIpc) is 2.92. The Labute approximate surface area is 118 Å². The lowest BCUT2D eigenvalue weighted by molar-refractivity contribution is 0.101. The first-order valence-electron chi connectivity index (χ1n) is 6.74. The van der Waals surface area contributed by atoms with Crippen molar-refractivity contribution in [1.29, 1.82) is 0 Å². The van der Waals surface area contributed by atoms with Crippen molar-refractivity contribution in [2.45, 2.75) is 44.2 Å². The van der Waals surface area contributed by atoms with Gasteiger partial charge in [-0.15, -0.1) is 0 Å². The average molecular weight is 287 g/mol. The zero-order chi connectivity index (χ0) is 13.7. The highest BCUT2D eigenvalue weighted by Crippen LogP contribution is 2.29. The van der Waals surface area contributed by atoms with Gasteiger partial charge in [0.05, 0.1) is 11.1 Å². The number of nitrogens with two attached hydrogens (primary N) is 1. The molecule has 0 aromatic heterocycles. The lowest BCUT2D eigenvalue weighted by atomic mass is 9.99. The van der Waals surface area contributed by atoms with Gasteiger partial charge in [0.25, 0.3) is 0 Å². The van der Waals surface area contributed by atoms with Gasteiger partial charge >= 0.3 is 0 Å². The van der Waals surface area contributed by atoms with E-state index in [2.05, 4.69) is 5.43 Å². The Balaban J connectivity index is 1.90. The number of benzene rings is 1. The van der Waals surface area contributed by atoms with Crippen LogP contribution in [0.5, 0.6) is 0 Å². The van der Waals surface area contributed by atoms with Crippen LogP contribution in [0.2, 0.25) is 5.02 Å². The standard InChI is InChI=1S/C14H20ClFN2O/c15-14-11(6-2-7-12(14)16)13(18-17)8-1-4-10-5-3-9-19-10/h2,6-7,10,13,18H,1,3-5,8-9,17H2. The second-order valence-corrected chi connectivity index (χ2v) is 5.31. The van der Waals surface area contributed by atoms with E-state index in [1.165, 1.54) is 6.07 Å². The molecular formula is C14H20ClFN2O. The van der Waals surface area contributed by atoms with Crippen LogP contribution in [0.4, 0.5) is 4.39 Å². The monoisotopic (exact) mass is 286 g/mol. The van der Waals surface area contributed by atoms with Gasteiger partial charge in [0.2, 0.25) is 0 Å². The van der Waals surface area contributed by atoms with Crippen LogP contribution in [0.3, 0.4) is 0 Å². The summed E-state index contributed by atoms with van der Waals surface area (Å²) in [5.74, 6) is 5.15. The summed E-state index contributed by atoms with van der Waals surface area (Å²) in [5.41, 5.74) is 3.44. The van der Waals surface area contributed by atoms with Crippen LogP contribution >= 0.6 is 11.6 Å². The lowest BCUT2D eigenvalue weighted by Crippen LogP contribution is -2.28. The molecule has 2 atom stereocenters. The van der Waals surface area contributed by atoms with Gasteiger partial charge in [-0.05, 0) is 43.7 Å². The highest BCUT2D eigenvalue weighted by atomic mass is 35.5. The zero-order valence-electron chi connectivity index (χ0n) is 10.9. The number of hydrazine groups is 1. The van der Waals surface area contributed by atoms with Crippen LogP contribution in [-0.4, -0.2) is 12.7 Å². The minimum absolute atomic E-state index is 0.121. The quantitative estimate of drug-likeness (QED) is 0.623. The van der Waals surface area contributed by atoms with Gasteiger partial charge in [-0.1, -0.05) is 23.7 Å². The summed E-state index contributed by atoms with van der Waals surface area (Å²) in [7, 11) is 0. The maximum Gasteiger partial charge on any atom is 0.142 e. The maximum absolute atomic E-state index is 13.4. The molecule has 3 N–H and O–H groups in total. The zero-order valence-corrected chi connectivity index (χ0v) is 11.6. The molecule has 106 valence electrons. The molecule has 19 heavy (non-hydrogen) atoms. The number of ether oxygens (including phenoxy) is 1. The van der Waals surface area contributed by atoms with Gasteiger partial charge in [-0.2, -0.15) is 0 Å². The first-order chi connectivity index (χ1) is 9.22. The first kappa shape index (κ1) is 14.7. The summed E-state index contributed by atoms with van der Waals surface area (Å²) in [6, 6.07) is 4.69. The van der Waals surface area contributed by atoms with Crippen molar-refractivity contribution in [3.63, 3.8) is 0 Å². The molecule has 3 nitrogen and oxygen atoms in total. The number of rotatable bonds is 6. The molecule has 0 radical (unpaired) electrons. The molecule has 2 rings (SSSR count). The van der Waals surface area contributed by atoms with Gasteiger partial charge in [0.1, 0.15) is 5.82 Å². The predicted molar refractivity (Wildman–Crippen MR) is 74.3 cm³/mol. The van der Waals surface area contributed by atoms with Crippen molar-refractivity contribution in [3.8, 4) is 0 Å². The van der Waals surface area contributed by atoms with E-state index in [1.54, 1.807) is 6.07 Å². The highest BCUT2D eigenvalue weighted by molar-refractivity contribution is 6.31. The SMILES string of the molecule is NNC(CCCC1CCCO1)c1cccc(F)c1Cl. The van der Waals surface area contributed by atoms with Crippen LogP contribution in [0.15, 0.2) is 18.2 Å². The molecule has 1 aliphatic heterocycles. The van der Waals surface area contributed by atoms with Crippen molar-refractivity contribution >= 4 is 11.6 Å². The van der Waals surface area contributed by atoms with E-state index in [9.17, 15) is 4.39 Å². The minimum Gasteiger partial charge on any atom is -0.378 e. The van der Waals surface area contributed by atoms with E-state index in [4.69, 9.17) is 22.2 Å². The molecule has 1 aromatic rings. The van der Waals surface area contributed by atoms with Crippen LogP contribution in [0.1, 0.15) is 43.7 Å². The normalized spacial score (nSPS) is 20.7. The van der Waals surface area contributed by atoms with Crippen molar-refractivity contribution in [1.82, 2.24) is 5.43 Å². The molecule has 1 aliphatic rings. The molecule has 1 saturated heterocycles. The maximum atomic E-state index is 13.4. The van der Waals surface area contributed by atoms with Crippen LogP contribution < -0.4 is 11.3 Å². The Morgan fingerprint density at radius 1 is 1.53 bits per heavy atom. The highest BCUT2D eigenvalue weighted by Gasteiger charge is 2.18. The summed E-state index contributed by atoms with van der Waals surface area (Å²) < 4.78 is 19.0. The lowest BCUT2D eigenvalue weighted by Gasteiger charge is -2.18. The Bertz CT molecular complexity index is 410. The fraction of sp³-hybridized carbons (Fsp3) is 0.571. The van der Waals surface area contributed by atoms with Crippen LogP contribution in [0.25, 0.3) is 0 Å².